The van der Waals surface area contributed by atoms with Gasteiger partial charge < -0.3 is 4.74 Å². The molecule has 4 heteroatoms. The van der Waals surface area contributed by atoms with Crippen molar-refractivity contribution in [3.05, 3.63) is 0 Å². The van der Waals surface area contributed by atoms with E-state index in [1.807, 2.05) is 0 Å². The SMILES string of the molecule is CC(F)(F)CCCCCCOC(=O)C(C)(C)C. The predicted molar refractivity (Wildman–Crippen MR) is 64.1 cm³/mol. The second-order valence-electron chi connectivity index (χ2n) is 5.62. The molecule has 0 rings (SSSR count). The lowest BCUT2D eigenvalue weighted by Gasteiger charge is -2.16. The second kappa shape index (κ2) is 6.92. The van der Waals surface area contributed by atoms with Gasteiger partial charge in [0.25, 0.3) is 0 Å². The Kier molecular flexibility index (Phi) is 6.65. The van der Waals surface area contributed by atoms with Gasteiger partial charge in [0.05, 0.1) is 12.0 Å². The number of ether oxygens (including phenoxy) is 1. The van der Waals surface area contributed by atoms with Crippen molar-refractivity contribution in [2.45, 2.75) is 65.7 Å². The molecule has 0 unspecified atom stereocenters. The minimum atomic E-state index is -2.56. The van der Waals surface area contributed by atoms with E-state index in [0.29, 0.717) is 13.0 Å². The smallest absolute Gasteiger partial charge is 0.311 e. The van der Waals surface area contributed by atoms with E-state index in [0.717, 1.165) is 26.2 Å². The number of carbonyl (C=O) groups is 1. The molecule has 0 fully saturated rings. The van der Waals surface area contributed by atoms with Crippen molar-refractivity contribution < 1.29 is 18.3 Å². The van der Waals surface area contributed by atoms with Crippen LogP contribution in [-0.2, 0) is 9.53 Å². The third-order valence-electron chi connectivity index (χ3n) is 2.36. The van der Waals surface area contributed by atoms with Crippen molar-refractivity contribution in [2.75, 3.05) is 6.61 Å². The van der Waals surface area contributed by atoms with Gasteiger partial charge in [0.1, 0.15) is 0 Å². The lowest BCUT2D eigenvalue weighted by molar-refractivity contribution is -0.153. The van der Waals surface area contributed by atoms with Gasteiger partial charge >= 0.3 is 5.97 Å². The number of carbonyl (C=O) groups excluding carboxylic acids is 1. The van der Waals surface area contributed by atoms with Crippen molar-refractivity contribution in [1.82, 2.24) is 0 Å². The normalized spacial score (nSPS) is 12.6. The van der Waals surface area contributed by atoms with E-state index < -0.39 is 11.3 Å². The zero-order valence-electron chi connectivity index (χ0n) is 11.3. The van der Waals surface area contributed by atoms with Crippen molar-refractivity contribution in [3.8, 4) is 0 Å². The molecule has 0 spiro atoms. The van der Waals surface area contributed by atoms with Crippen LogP contribution >= 0.6 is 0 Å². The molecule has 0 aromatic carbocycles. The summed E-state index contributed by atoms with van der Waals surface area (Å²) in [6.45, 7) is 6.74. The standard InChI is InChI=1S/C13H24F2O2/c1-12(2,3)11(16)17-10-8-6-5-7-9-13(4,14)15/h5-10H2,1-4H3. The van der Waals surface area contributed by atoms with Crippen LogP contribution in [0.5, 0.6) is 0 Å². The fourth-order valence-corrected chi connectivity index (χ4v) is 1.27. The van der Waals surface area contributed by atoms with Gasteiger partial charge in [0.2, 0.25) is 5.92 Å². The Morgan fingerprint density at radius 2 is 1.53 bits per heavy atom. The Balaban J connectivity index is 3.39. The number of halogens is 2. The summed E-state index contributed by atoms with van der Waals surface area (Å²) in [6.07, 6.45) is 2.80. The van der Waals surface area contributed by atoms with Gasteiger partial charge in [-0.15, -0.1) is 0 Å². The summed E-state index contributed by atoms with van der Waals surface area (Å²) in [5.41, 5.74) is -0.468. The largest absolute Gasteiger partial charge is 0.465 e. The molecule has 0 bridgehead atoms. The van der Waals surface area contributed by atoms with Gasteiger partial charge in [-0.1, -0.05) is 12.8 Å². The van der Waals surface area contributed by atoms with E-state index in [2.05, 4.69) is 0 Å². The number of esters is 1. The first-order chi connectivity index (χ1) is 7.63. The molecule has 0 aromatic rings. The molecule has 0 aromatic heterocycles. The Morgan fingerprint density at radius 1 is 1.00 bits per heavy atom. The molecule has 17 heavy (non-hydrogen) atoms. The number of alkyl halides is 2. The first-order valence-corrected chi connectivity index (χ1v) is 6.18. The van der Waals surface area contributed by atoms with Crippen LogP contribution in [0.3, 0.4) is 0 Å². The van der Waals surface area contributed by atoms with Gasteiger partial charge in [-0.3, -0.25) is 4.79 Å². The zero-order chi connectivity index (χ0) is 13.5. The highest BCUT2D eigenvalue weighted by atomic mass is 19.3. The highest BCUT2D eigenvalue weighted by molar-refractivity contribution is 5.75. The Bertz CT molecular complexity index is 227. The molecule has 102 valence electrons. The van der Waals surface area contributed by atoms with Crippen LogP contribution in [0.15, 0.2) is 0 Å². The average Bonchev–Trinajstić information content (AvgIpc) is 2.12. The van der Waals surface area contributed by atoms with Crippen LogP contribution in [0.4, 0.5) is 8.78 Å². The molecular formula is C13H24F2O2. The molecule has 0 aliphatic carbocycles. The fraction of sp³-hybridized carbons (Fsp3) is 0.923. The van der Waals surface area contributed by atoms with Crippen LogP contribution in [0.1, 0.15) is 59.8 Å². The first-order valence-electron chi connectivity index (χ1n) is 6.18. The molecule has 0 saturated carbocycles. The van der Waals surface area contributed by atoms with Crippen molar-refractivity contribution in [1.29, 1.82) is 0 Å². The highest BCUT2D eigenvalue weighted by Gasteiger charge is 2.22. The van der Waals surface area contributed by atoms with Gasteiger partial charge in [-0.05, 0) is 40.5 Å². The van der Waals surface area contributed by atoms with Crippen LogP contribution in [0, 0.1) is 5.41 Å². The molecule has 0 heterocycles. The summed E-state index contributed by atoms with van der Waals surface area (Å²) < 4.78 is 30.0. The second-order valence-corrected chi connectivity index (χ2v) is 5.62. The third kappa shape index (κ3) is 10.2. The number of unbranched alkanes of at least 4 members (excludes halogenated alkanes) is 3. The van der Waals surface area contributed by atoms with Crippen LogP contribution < -0.4 is 0 Å². The molecule has 0 N–H and O–H groups in total. The molecule has 0 saturated heterocycles. The third-order valence-corrected chi connectivity index (χ3v) is 2.36. The Hall–Kier alpha value is -0.670. The maximum Gasteiger partial charge on any atom is 0.311 e. The molecule has 0 aliphatic rings. The quantitative estimate of drug-likeness (QED) is 0.500. The molecule has 0 radical (unpaired) electrons. The molecule has 0 atom stereocenters. The fourth-order valence-electron chi connectivity index (χ4n) is 1.27. The van der Waals surface area contributed by atoms with E-state index >= 15 is 0 Å². The first kappa shape index (κ1) is 16.3. The number of rotatable bonds is 7. The van der Waals surface area contributed by atoms with E-state index in [9.17, 15) is 13.6 Å². The topological polar surface area (TPSA) is 26.3 Å². The zero-order valence-corrected chi connectivity index (χ0v) is 11.3. The molecule has 0 amide bonds. The highest BCUT2D eigenvalue weighted by Crippen LogP contribution is 2.20. The van der Waals surface area contributed by atoms with E-state index in [-0.39, 0.29) is 12.4 Å². The summed E-state index contributed by atoms with van der Waals surface area (Å²) in [6, 6.07) is 0. The molecular weight excluding hydrogens is 226 g/mol. The lowest BCUT2D eigenvalue weighted by atomic mass is 9.97. The minimum absolute atomic E-state index is 0.0607. The van der Waals surface area contributed by atoms with Crippen molar-refractivity contribution >= 4 is 5.97 Å². The molecule has 2 nitrogen and oxygen atoms in total. The average molecular weight is 250 g/mol. The predicted octanol–water partition coefficient (Wildman–Crippen LogP) is 4.18. The van der Waals surface area contributed by atoms with Gasteiger partial charge in [0.15, 0.2) is 0 Å². The monoisotopic (exact) mass is 250 g/mol. The Labute approximate surface area is 103 Å². The van der Waals surface area contributed by atoms with E-state index in [4.69, 9.17) is 4.74 Å². The van der Waals surface area contributed by atoms with E-state index in [1.165, 1.54) is 0 Å². The van der Waals surface area contributed by atoms with E-state index in [1.54, 1.807) is 20.8 Å². The summed E-state index contributed by atoms with van der Waals surface area (Å²) in [7, 11) is 0. The van der Waals surface area contributed by atoms with Crippen LogP contribution in [0.2, 0.25) is 0 Å². The summed E-state index contributed by atoms with van der Waals surface area (Å²) in [5, 5.41) is 0. The maximum atomic E-state index is 12.5. The summed E-state index contributed by atoms with van der Waals surface area (Å²) in [5.74, 6) is -2.77. The summed E-state index contributed by atoms with van der Waals surface area (Å²) in [4.78, 5) is 11.4. The van der Waals surface area contributed by atoms with Crippen LogP contribution in [-0.4, -0.2) is 18.5 Å². The van der Waals surface area contributed by atoms with Gasteiger partial charge in [0, 0.05) is 6.42 Å². The lowest BCUT2D eigenvalue weighted by Crippen LogP contribution is -2.23. The number of hydrogen-bond donors (Lipinski definition) is 0. The van der Waals surface area contributed by atoms with Crippen LogP contribution in [0.25, 0.3) is 0 Å². The summed E-state index contributed by atoms with van der Waals surface area (Å²) >= 11 is 0. The van der Waals surface area contributed by atoms with Crippen molar-refractivity contribution in [2.24, 2.45) is 5.41 Å². The minimum Gasteiger partial charge on any atom is -0.465 e. The maximum absolute atomic E-state index is 12.5. The Morgan fingerprint density at radius 3 is 2.00 bits per heavy atom. The number of hydrogen-bond acceptors (Lipinski definition) is 2. The molecule has 0 aliphatic heterocycles. The van der Waals surface area contributed by atoms with Crippen molar-refractivity contribution in [3.63, 3.8) is 0 Å². The van der Waals surface area contributed by atoms with Gasteiger partial charge in [-0.25, -0.2) is 8.78 Å². The van der Waals surface area contributed by atoms with Gasteiger partial charge in [-0.2, -0.15) is 0 Å².